The van der Waals surface area contributed by atoms with Gasteiger partial charge in [0.05, 0.1) is 11.1 Å². The zero-order valence-electron chi connectivity index (χ0n) is 15.6. The first kappa shape index (κ1) is 24.7. The number of benzene rings is 1. The molecule has 28 heavy (non-hydrogen) atoms. The van der Waals surface area contributed by atoms with E-state index >= 15 is 0 Å². The molecule has 9 heteroatoms. The molecule has 1 unspecified atom stereocenters. The fraction of sp³-hybridized carbons (Fsp3) is 0.684. The van der Waals surface area contributed by atoms with Crippen molar-refractivity contribution >= 4 is 0 Å². The molecule has 3 nitrogen and oxygen atoms in total. The van der Waals surface area contributed by atoms with Gasteiger partial charge in [-0.05, 0) is 36.6 Å². The second-order valence-electron chi connectivity index (χ2n) is 7.06. The van der Waals surface area contributed by atoms with Gasteiger partial charge < -0.3 is 15.3 Å². The summed E-state index contributed by atoms with van der Waals surface area (Å²) in [5.74, 6) is -4.51. The van der Waals surface area contributed by atoms with Gasteiger partial charge in [-0.25, -0.2) is 0 Å². The molecular formula is C19H26F6O3. The molecule has 0 bridgehead atoms. The highest BCUT2D eigenvalue weighted by Gasteiger charge is 2.38. The average Bonchev–Trinajstić information content (AvgIpc) is 2.54. The number of alkyl halides is 6. The molecule has 0 amide bonds. The van der Waals surface area contributed by atoms with Crippen LogP contribution in [0.5, 0.6) is 0 Å². The van der Waals surface area contributed by atoms with Crippen molar-refractivity contribution in [1.29, 1.82) is 0 Å². The molecule has 1 aromatic carbocycles. The molecule has 1 rings (SSSR count). The Balaban J connectivity index is 2.98. The Morgan fingerprint density at radius 1 is 0.750 bits per heavy atom. The zero-order chi connectivity index (χ0) is 21.6. The highest BCUT2D eigenvalue weighted by molar-refractivity contribution is 5.34. The van der Waals surface area contributed by atoms with Crippen LogP contribution in [0.25, 0.3) is 0 Å². The van der Waals surface area contributed by atoms with Crippen molar-refractivity contribution < 1.29 is 41.7 Å². The second-order valence-corrected chi connectivity index (χ2v) is 7.06. The fourth-order valence-electron chi connectivity index (χ4n) is 3.03. The Kier molecular flexibility index (Phi) is 8.77. The lowest BCUT2D eigenvalue weighted by Crippen LogP contribution is -2.38. The van der Waals surface area contributed by atoms with E-state index in [1.54, 1.807) is 0 Å². The van der Waals surface area contributed by atoms with E-state index in [1.807, 2.05) is 6.92 Å². The summed E-state index contributed by atoms with van der Waals surface area (Å²) < 4.78 is 77.7. The standard InChI is InChI=1S/C19H26F6O3/c1-2-3-4-5-6-7-8-14(19(26,27)28)9-13-10-15(17(20,21)22)12-16(11-13)18(23,24)25/h10-12,14,26-28H,2-9H2,1H3. The van der Waals surface area contributed by atoms with Crippen LogP contribution in [0.3, 0.4) is 0 Å². The second kappa shape index (κ2) is 9.93. The topological polar surface area (TPSA) is 60.7 Å². The van der Waals surface area contributed by atoms with Crippen molar-refractivity contribution in [1.82, 2.24) is 0 Å². The molecular weight excluding hydrogens is 390 g/mol. The molecule has 1 atom stereocenters. The van der Waals surface area contributed by atoms with Gasteiger partial charge in [-0.15, -0.1) is 0 Å². The van der Waals surface area contributed by atoms with Gasteiger partial charge >= 0.3 is 12.4 Å². The van der Waals surface area contributed by atoms with Gasteiger partial charge in [0.1, 0.15) is 0 Å². The van der Waals surface area contributed by atoms with Crippen molar-refractivity contribution in [3.63, 3.8) is 0 Å². The highest BCUT2D eigenvalue weighted by Crippen LogP contribution is 2.37. The van der Waals surface area contributed by atoms with Gasteiger partial charge in [0.2, 0.25) is 0 Å². The third-order valence-corrected chi connectivity index (χ3v) is 4.58. The van der Waals surface area contributed by atoms with E-state index in [2.05, 4.69) is 0 Å². The Bertz CT molecular complexity index is 573. The monoisotopic (exact) mass is 416 g/mol. The van der Waals surface area contributed by atoms with Crippen molar-refractivity contribution in [2.24, 2.45) is 5.92 Å². The average molecular weight is 416 g/mol. The molecule has 162 valence electrons. The molecule has 0 fully saturated rings. The molecule has 0 saturated carbocycles. The molecule has 0 aliphatic carbocycles. The molecule has 0 radical (unpaired) electrons. The molecule has 0 aromatic heterocycles. The molecule has 0 aliphatic heterocycles. The van der Waals surface area contributed by atoms with Crippen LogP contribution < -0.4 is 0 Å². The van der Waals surface area contributed by atoms with E-state index in [-0.39, 0.29) is 18.1 Å². The SMILES string of the molecule is CCCCCCCCC(Cc1cc(C(F)(F)F)cc(C(F)(F)F)c1)C(O)(O)O. The van der Waals surface area contributed by atoms with E-state index in [4.69, 9.17) is 0 Å². The van der Waals surface area contributed by atoms with E-state index in [0.717, 1.165) is 25.7 Å². The lowest BCUT2D eigenvalue weighted by atomic mass is 9.89. The Morgan fingerprint density at radius 3 is 1.64 bits per heavy atom. The third-order valence-electron chi connectivity index (χ3n) is 4.58. The normalized spacial score (nSPS) is 14.4. The van der Waals surface area contributed by atoms with Gasteiger partial charge in [-0.1, -0.05) is 45.4 Å². The number of hydrogen-bond acceptors (Lipinski definition) is 3. The third kappa shape index (κ3) is 8.36. The predicted octanol–water partition coefficient (Wildman–Crippen LogP) is 5.26. The molecule has 0 saturated heterocycles. The van der Waals surface area contributed by atoms with E-state index in [9.17, 15) is 41.7 Å². The first-order valence-corrected chi connectivity index (χ1v) is 9.20. The van der Waals surface area contributed by atoms with E-state index in [1.165, 1.54) is 0 Å². The van der Waals surface area contributed by atoms with Crippen LogP contribution >= 0.6 is 0 Å². The van der Waals surface area contributed by atoms with Crippen LogP contribution in [0.4, 0.5) is 26.3 Å². The van der Waals surface area contributed by atoms with Gasteiger partial charge in [0.25, 0.3) is 5.97 Å². The maximum absolute atomic E-state index is 12.9. The van der Waals surface area contributed by atoms with Gasteiger partial charge in [0.15, 0.2) is 0 Å². The van der Waals surface area contributed by atoms with Crippen molar-refractivity contribution in [2.45, 2.75) is 76.6 Å². The van der Waals surface area contributed by atoms with Crippen molar-refractivity contribution in [2.75, 3.05) is 0 Å². The number of hydrogen-bond donors (Lipinski definition) is 3. The first-order valence-electron chi connectivity index (χ1n) is 9.20. The fourth-order valence-corrected chi connectivity index (χ4v) is 3.03. The smallest absolute Gasteiger partial charge is 0.343 e. The summed E-state index contributed by atoms with van der Waals surface area (Å²) in [7, 11) is 0. The Hall–Kier alpha value is -1.32. The lowest BCUT2D eigenvalue weighted by Gasteiger charge is -2.27. The predicted molar refractivity (Wildman–Crippen MR) is 91.0 cm³/mol. The van der Waals surface area contributed by atoms with E-state index in [0.29, 0.717) is 25.0 Å². The molecule has 0 spiro atoms. The largest absolute Gasteiger partial charge is 0.416 e. The van der Waals surface area contributed by atoms with Gasteiger partial charge in [-0.3, -0.25) is 0 Å². The molecule has 1 aromatic rings. The van der Waals surface area contributed by atoms with Crippen LogP contribution in [-0.2, 0) is 18.8 Å². The summed E-state index contributed by atoms with van der Waals surface area (Å²) in [6.07, 6.45) is -5.36. The molecule has 3 N–H and O–H groups in total. The van der Waals surface area contributed by atoms with Gasteiger partial charge in [-0.2, -0.15) is 26.3 Å². The zero-order valence-corrected chi connectivity index (χ0v) is 15.6. The van der Waals surface area contributed by atoms with Crippen LogP contribution in [0.15, 0.2) is 18.2 Å². The Morgan fingerprint density at radius 2 is 1.21 bits per heavy atom. The number of unbranched alkanes of at least 4 members (excludes halogenated alkanes) is 5. The highest BCUT2D eigenvalue weighted by atomic mass is 19.4. The summed E-state index contributed by atoms with van der Waals surface area (Å²) in [5.41, 5.74) is -3.33. The van der Waals surface area contributed by atoms with Crippen molar-refractivity contribution in [3.8, 4) is 0 Å². The van der Waals surface area contributed by atoms with E-state index < -0.39 is 41.8 Å². The minimum absolute atomic E-state index is 0.0102. The minimum Gasteiger partial charge on any atom is -0.343 e. The molecule has 0 aliphatic rings. The summed E-state index contributed by atoms with van der Waals surface area (Å²) in [6, 6.07) is 1.08. The number of rotatable bonds is 10. The summed E-state index contributed by atoms with van der Waals surface area (Å²) in [6.45, 7) is 2.04. The molecule has 0 heterocycles. The van der Waals surface area contributed by atoms with Crippen molar-refractivity contribution in [3.05, 3.63) is 34.9 Å². The van der Waals surface area contributed by atoms with Crippen LogP contribution in [0.1, 0.15) is 68.6 Å². The number of halogens is 6. The maximum atomic E-state index is 12.9. The summed E-state index contributed by atoms with van der Waals surface area (Å²) in [5, 5.41) is 28.5. The summed E-state index contributed by atoms with van der Waals surface area (Å²) in [4.78, 5) is 0. The minimum atomic E-state index is -4.99. The van der Waals surface area contributed by atoms with Crippen LogP contribution in [0.2, 0.25) is 0 Å². The maximum Gasteiger partial charge on any atom is 0.416 e. The van der Waals surface area contributed by atoms with Gasteiger partial charge in [0, 0.05) is 5.92 Å². The lowest BCUT2D eigenvalue weighted by molar-refractivity contribution is -0.342. The number of aliphatic hydroxyl groups is 3. The first-order chi connectivity index (χ1) is 12.7. The van der Waals surface area contributed by atoms with Crippen LogP contribution in [-0.4, -0.2) is 21.3 Å². The quantitative estimate of drug-likeness (QED) is 0.277. The Labute approximate surface area is 160 Å². The summed E-state index contributed by atoms with van der Waals surface area (Å²) >= 11 is 0. The van der Waals surface area contributed by atoms with Crippen LogP contribution in [0, 0.1) is 5.92 Å².